The molecule has 0 saturated carbocycles. The van der Waals surface area contributed by atoms with Gasteiger partial charge in [-0.25, -0.2) is 4.98 Å². The summed E-state index contributed by atoms with van der Waals surface area (Å²) >= 11 is 3.14. The van der Waals surface area contributed by atoms with E-state index in [1.165, 1.54) is 18.0 Å². The summed E-state index contributed by atoms with van der Waals surface area (Å²) in [5.41, 5.74) is 0.445. The lowest BCUT2D eigenvalue weighted by molar-refractivity contribution is -0.140. The van der Waals surface area contributed by atoms with Gasteiger partial charge in [0.1, 0.15) is 4.47 Å². The van der Waals surface area contributed by atoms with E-state index in [0.717, 1.165) is 0 Å². The molecule has 0 aliphatic carbocycles. The van der Waals surface area contributed by atoms with Gasteiger partial charge in [0.25, 0.3) is 5.56 Å². The van der Waals surface area contributed by atoms with Crippen molar-refractivity contribution in [1.82, 2.24) is 9.55 Å². The summed E-state index contributed by atoms with van der Waals surface area (Å²) in [7, 11) is 1.31. The number of rotatable bonds is 3. The number of hydrogen-bond acceptors (Lipinski definition) is 4. The standard InChI is InChI=1S/C9H11BrN2O3/c1-6-8(10)9(14)12(5-11-6)4-3-7(13)15-2/h5H,3-4H2,1-2H3. The minimum atomic E-state index is -0.349. The maximum atomic E-state index is 11.6. The molecule has 15 heavy (non-hydrogen) atoms. The summed E-state index contributed by atoms with van der Waals surface area (Å²) in [6.07, 6.45) is 1.58. The topological polar surface area (TPSA) is 61.2 Å². The number of hydrogen-bond donors (Lipinski definition) is 0. The summed E-state index contributed by atoms with van der Waals surface area (Å²) in [5, 5.41) is 0. The molecule has 0 aliphatic rings. The predicted octanol–water partition coefficient (Wildman–Crippen LogP) is 0.877. The first-order valence-electron chi connectivity index (χ1n) is 4.34. The van der Waals surface area contributed by atoms with E-state index in [4.69, 9.17) is 0 Å². The van der Waals surface area contributed by atoms with Gasteiger partial charge in [0, 0.05) is 6.54 Å². The Bertz CT molecular complexity index is 428. The molecule has 6 heteroatoms. The van der Waals surface area contributed by atoms with E-state index in [2.05, 4.69) is 25.7 Å². The summed E-state index contributed by atoms with van der Waals surface area (Å²) in [5.74, 6) is -0.349. The highest BCUT2D eigenvalue weighted by atomic mass is 79.9. The molecule has 1 rings (SSSR count). The molecule has 0 amide bonds. The average molecular weight is 275 g/mol. The number of nitrogens with zero attached hydrogens (tertiary/aromatic N) is 2. The first-order chi connectivity index (χ1) is 7.06. The van der Waals surface area contributed by atoms with Crippen molar-refractivity contribution in [2.45, 2.75) is 19.9 Å². The molecule has 0 fully saturated rings. The highest BCUT2D eigenvalue weighted by Crippen LogP contribution is 2.06. The van der Waals surface area contributed by atoms with Crippen LogP contribution in [0.5, 0.6) is 0 Å². The Hall–Kier alpha value is -1.17. The second-order valence-electron chi connectivity index (χ2n) is 2.97. The van der Waals surface area contributed by atoms with Crippen molar-refractivity contribution in [1.29, 1.82) is 0 Å². The van der Waals surface area contributed by atoms with E-state index in [-0.39, 0.29) is 24.5 Å². The molecule has 0 atom stereocenters. The normalized spacial score (nSPS) is 10.1. The van der Waals surface area contributed by atoms with Crippen molar-refractivity contribution in [2.24, 2.45) is 0 Å². The zero-order chi connectivity index (χ0) is 11.4. The zero-order valence-electron chi connectivity index (χ0n) is 8.49. The Balaban J connectivity index is 2.84. The van der Waals surface area contributed by atoms with Crippen LogP contribution in [0, 0.1) is 6.92 Å². The Morgan fingerprint density at radius 3 is 2.93 bits per heavy atom. The van der Waals surface area contributed by atoms with Crippen molar-refractivity contribution >= 4 is 21.9 Å². The van der Waals surface area contributed by atoms with Gasteiger partial charge in [-0.3, -0.25) is 14.2 Å². The molecule has 0 spiro atoms. The van der Waals surface area contributed by atoms with Crippen LogP contribution in [0.3, 0.4) is 0 Å². The molecule has 1 aromatic rings. The van der Waals surface area contributed by atoms with Crippen molar-refractivity contribution in [3.8, 4) is 0 Å². The second-order valence-corrected chi connectivity index (χ2v) is 3.76. The van der Waals surface area contributed by atoms with E-state index in [1.54, 1.807) is 6.92 Å². The summed E-state index contributed by atoms with van der Waals surface area (Å²) in [6, 6.07) is 0. The summed E-state index contributed by atoms with van der Waals surface area (Å²) in [4.78, 5) is 26.5. The summed E-state index contributed by atoms with van der Waals surface area (Å²) in [6.45, 7) is 2.01. The molecule has 82 valence electrons. The van der Waals surface area contributed by atoms with Crippen LogP contribution in [0.4, 0.5) is 0 Å². The third-order valence-electron chi connectivity index (χ3n) is 1.94. The van der Waals surface area contributed by atoms with Gasteiger partial charge in [0.2, 0.25) is 0 Å². The molecule has 0 aromatic carbocycles. The van der Waals surface area contributed by atoms with E-state index < -0.39 is 0 Å². The quantitative estimate of drug-likeness (QED) is 0.768. The van der Waals surface area contributed by atoms with E-state index in [1.807, 2.05) is 0 Å². The highest BCUT2D eigenvalue weighted by Gasteiger charge is 2.07. The lowest BCUT2D eigenvalue weighted by atomic mass is 10.4. The maximum absolute atomic E-state index is 11.6. The number of methoxy groups -OCH3 is 1. The van der Waals surface area contributed by atoms with Gasteiger partial charge < -0.3 is 4.74 Å². The molecule has 0 aliphatic heterocycles. The van der Waals surface area contributed by atoms with Crippen LogP contribution >= 0.6 is 15.9 Å². The fourth-order valence-electron chi connectivity index (χ4n) is 1.02. The lowest BCUT2D eigenvalue weighted by Crippen LogP contribution is -2.23. The molecule has 0 unspecified atom stereocenters. The SMILES string of the molecule is COC(=O)CCn1cnc(C)c(Br)c1=O. The minimum Gasteiger partial charge on any atom is -0.469 e. The molecular weight excluding hydrogens is 264 g/mol. The monoisotopic (exact) mass is 274 g/mol. The van der Waals surface area contributed by atoms with Crippen molar-refractivity contribution in [3.05, 3.63) is 26.8 Å². The fraction of sp³-hybridized carbons (Fsp3) is 0.444. The van der Waals surface area contributed by atoms with Crippen molar-refractivity contribution in [3.63, 3.8) is 0 Å². The number of aryl methyl sites for hydroxylation is 2. The van der Waals surface area contributed by atoms with Gasteiger partial charge in [-0.05, 0) is 22.9 Å². The lowest BCUT2D eigenvalue weighted by Gasteiger charge is -2.05. The van der Waals surface area contributed by atoms with Crippen LogP contribution in [0.1, 0.15) is 12.1 Å². The molecule has 1 heterocycles. The van der Waals surface area contributed by atoms with Crippen molar-refractivity contribution < 1.29 is 9.53 Å². The number of carbonyl (C=O) groups excluding carboxylic acids is 1. The van der Waals surface area contributed by atoms with Crippen LogP contribution in [-0.2, 0) is 16.1 Å². The van der Waals surface area contributed by atoms with Gasteiger partial charge in [-0.15, -0.1) is 0 Å². The number of ether oxygens (including phenoxy) is 1. The van der Waals surface area contributed by atoms with Gasteiger partial charge >= 0.3 is 5.97 Å². The molecule has 0 saturated heterocycles. The van der Waals surface area contributed by atoms with E-state index in [9.17, 15) is 9.59 Å². The molecular formula is C9H11BrN2O3. The largest absolute Gasteiger partial charge is 0.469 e. The van der Waals surface area contributed by atoms with Gasteiger partial charge in [0.15, 0.2) is 0 Å². The van der Waals surface area contributed by atoms with Gasteiger partial charge in [-0.2, -0.15) is 0 Å². The number of halogens is 1. The fourth-order valence-corrected chi connectivity index (χ4v) is 1.35. The third-order valence-corrected chi connectivity index (χ3v) is 2.85. The van der Waals surface area contributed by atoms with Crippen molar-refractivity contribution in [2.75, 3.05) is 7.11 Å². The van der Waals surface area contributed by atoms with Crippen LogP contribution in [0.25, 0.3) is 0 Å². The van der Waals surface area contributed by atoms with Crippen LogP contribution in [-0.4, -0.2) is 22.6 Å². The Labute approximate surface area is 95.2 Å². The Morgan fingerprint density at radius 1 is 1.67 bits per heavy atom. The first-order valence-corrected chi connectivity index (χ1v) is 5.14. The predicted molar refractivity (Wildman–Crippen MR) is 57.6 cm³/mol. The Morgan fingerprint density at radius 2 is 2.33 bits per heavy atom. The average Bonchev–Trinajstić information content (AvgIpc) is 2.24. The van der Waals surface area contributed by atoms with E-state index >= 15 is 0 Å². The first kappa shape index (κ1) is 11.9. The molecule has 0 bridgehead atoms. The highest BCUT2D eigenvalue weighted by molar-refractivity contribution is 9.10. The molecule has 1 aromatic heterocycles. The minimum absolute atomic E-state index is 0.160. The van der Waals surface area contributed by atoms with Gasteiger partial charge in [-0.1, -0.05) is 0 Å². The summed E-state index contributed by atoms with van der Waals surface area (Å²) < 4.78 is 6.27. The number of esters is 1. The van der Waals surface area contributed by atoms with Crippen LogP contribution in [0.15, 0.2) is 15.6 Å². The second kappa shape index (κ2) is 5.06. The third kappa shape index (κ3) is 2.89. The smallest absolute Gasteiger partial charge is 0.307 e. The zero-order valence-corrected chi connectivity index (χ0v) is 10.1. The Kier molecular flexibility index (Phi) is 4.02. The van der Waals surface area contributed by atoms with Crippen LogP contribution in [0.2, 0.25) is 0 Å². The number of aromatic nitrogens is 2. The van der Waals surface area contributed by atoms with E-state index in [0.29, 0.717) is 10.2 Å². The van der Waals surface area contributed by atoms with Crippen LogP contribution < -0.4 is 5.56 Å². The maximum Gasteiger partial charge on any atom is 0.307 e. The molecule has 0 N–H and O–H groups in total. The molecule has 0 radical (unpaired) electrons. The number of carbonyl (C=O) groups is 1. The van der Waals surface area contributed by atoms with Gasteiger partial charge in [0.05, 0.1) is 25.6 Å². The molecule has 5 nitrogen and oxygen atoms in total.